The van der Waals surface area contributed by atoms with Gasteiger partial charge < -0.3 is 4.90 Å². The Hall–Kier alpha value is -1.52. The van der Waals surface area contributed by atoms with Gasteiger partial charge in [0.25, 0.3) is 5.91 Å². The van der Waals surface area contributed by atoms with Crippen molar-refractivity contribution in [1.29, 1.82) is 0 Å². The van der Waals surface area contributed by atoms with Gasteiger partial charge in [-0.15, -0.1) is 0 Å². The summed E-state index contributed by atoms with van der Waals surface area (Å²) < 4.78 is 36.6. The van der Waals surface area contributed by atoms with E-state index in [0.29, 0.717) is 4.90 Å². The fourth-order valence-electron chi connectivity index (χ4n) is 0.958. The van der Waals surface area contributed by atoms with Crippen molar-refractivity contribution >= 4 is 11.6 Å². The lowest BCUT2D eigenvalue weighted by atomic mass is 10.3. The molecule has 5 heteroatoms. The number of hydrogen-bond donors (Lipinski definition) is 0. The molecule has 0 N–H and O–H groups in total. The Morgan fingerprint density at radius 1 is 1.43 bits per heavy atom. The first kappa shape index (κ1) is 10.6. The van der Waals surface area contributed by atoms with Crippen LogP contribution in [-0.4, -0.2) is 19.4 Å². The van der Waals surface area contributed by atoms with Crippen molar-refractivity contribution in [2.75, 3.05) is 11.9 Å². The number of benzene rings is 1. The number of carbonyl (C=O) groups excluding carboxylic acids is 1. The van der Waals surface area contributed by atoms with Crippen LogP contribution in [0.1, 0.15) is 0 Å². The summed E-state index contributed by atoms with van der Waals surface area (Å²) in [5.74, 6) is -1.92. The third-order valence-electron chi connectivity index (χ3n) is 1.71. The first-order chi connectivity index (χ1) is 6.52. The number of carbonyl (C=O) groups is 1. The standard InChI is InChI=1S/C9H8F3NO/c1-13(9(14)8(11)12)7-4-2-3-6(10)5-7/h2-5,8H,1H3. The molecule has 0 aliphatic heterocycles. The van der Waals surface area contributed by atoms with Crippen molar-refractivity contribution in [3.05, 3.63) is 30.1 Å². The van der Waals surface area contributed by atoms with E-state index in [1.165, 1.54) is 25.2 Å². The fourth-order valence-corrected chi connectivity index (χ4v) is 0.958. The normalized spacial score (nSPS) is 10.4. The maximum atomic E-state index is 12.7. The molecule has 0 heterocycles. The van der Waals surface area contributed by atoms with Crippen LogP contribution in [0.15, 0.2) is 24.3 Å². The Bertz CT molecular complexity index is 341. The van der Waals surface area contributed by atoms with Gasteiger partial charge in [-0.2, -0.15) is 8.78 Å². The van der Waals surface area contributed by atoms with Gasteiger partial charge in [0.15, 0.2) is 0 Å². The molecule has 0 aliphatic carbocycles. The summed E-state index contributed by atoms with van der Waals surface area (Å²) in [5.41, 5.74) is 0.107. The minimum Gasteiger partial charge on any atom is -0.310 e. The van der Waals surface area contributed by atoms with Crippen LogP contribution in [0.4, 0.5) is 18.9 Å². The first-order valence-corrected chi connectivity index (χ1v) is 3.83. The highest BCUT2D eigenvalue weighted by Gasteiger charge is 2.21. The van der Waals surface area contributed by atoms with Crippen molar-refractivity contribution in [3.63, 3.8) is 0 Å². The second kappa shape index (κ2) is 4.13. The summed E-state index contributed by atoms with van der Waals surface area (Å²) in [6.45, 7) is 0. The Kier molecular flexibility index (Phi) is 3.11. The summed E-state index contributed by atoms with van der Waals surface area (Å²) in [4.78, 5) is 11.5. The number of hydrogen-bond acceptors (Lipinski definition) is 1. The number of alkyl halides is 2. The van der Waals surface area contributed by atoms with Crippen LogP contribution in [0.2, 0.25) is 0 Å². The van der Waals surface area contributed by atoms with Crippen LogP contribution in [0.3, 0.4) is 0 Å². The molecule has 76 valence electrons. The highest BCUT2D eigenvalue weighted by atomic mass is 19.3. The number of halogens is 3. The fraction of sp³-hybridized carbons (Fsp3) is 0.222. The lowest BCUT2D eigenvalue weighted by Crippen LogP contribution is -2.31. The summed E-state index contributed by atoms with van der Waals surface area (Å²) in [6, 6.07) is 4.91. The molecule has 1 amide bonds. The van der Waals surface area contributed by atoms with Crippen molar-refractivity contribution in [2.45, 2.75) is 6.43 Å². The zero-order valence-electron chi connectivity index (χ0n) is 7.38. The molecule has 0 saturated carbocycles. The average Bonchev–Trinajstić information content (AvgIpc) is 2.15. The highest BCUT2D eigenvalue weighted by Crippen LogP contribution is 2.15. The zero-order chi connectivity index (χ0) is 10.7. The molecule has 2 nitrogen and oxygen atoms in total. The molecular formula is C9H8F3NO. The smallest absolute Gasteiger partial charge is 0.310 e. The molecule has 1 aromatic carbocycles. The van der Waals surface area contributed by atoms with Crippen LogP contribution in [0, 0.1) is 5.82 Å². The van der Waals surface area contributed by atoms with E-state index in [-0.39, 0.29) is 5.69 Å². The minimum atomic E-state index is -3.08. The Balaban J connectivity index is 2.89. The molecule has 0 aliphatic rings. The number of nitrogens with zero attached hydrogens (tertiary/aromatic N) is 1. The molecule has 0 radical (unpaired) electrons. The summed E-state index contributed by atoms with van der Waals surface area (Å²) in [5, 5.41) is 0. The van der Waals surface area contributed by atoms with Crippen molar-refractivity contribution in [3.8, 4) is 0 Å². The van der Waals surface area contributed by atoms with E-state index in [9.17, 15) is 18.0 Å². The lowest BCUT2D eigenvalue weighted by molar-refractivity contribution is -0.128. The van der Waals surface area contributed by atoms with Gasteiger partial charge in [0.2, 0.25) is 0 Å². The molecule has 0 unspecified atom stereocenters. The SMILES string of the molecule is CN(C(=O)C(F)F)c1cccc(F)c1. The zero-order valence-corrected chi connectivity index (χ0v) is 7.38. The predicted octanol–water partition coefficient (Wildman–Crippen LogP) is 2.05. The third-order valence-corrected chi connectivity index (χ3v) is 1.71. The van der Waals surface area contributed by atoms with E-state index in [1.807, 2.05) is 0 Å². The summed E-state index contributed by atoms with van der Waals surface area (Å²) in [6.07, 6.45) is -3.08. The monoisotopic (exact) mass is 203 g/mol. The van der Waals surface area contributed by atoms with Gasteiger partial charge in [-0.3, -0.25) is 4.79 Å². The van der Waals surface area contributed by atoms with Gasteiger partial charge in [0.05, 0.1) is 0 Å². The maximum absolute atomic E-state index is 12.7. The Morgan fingerprint density at radius 3 is 2.57 bits per heavy atom. The maximum Gasteiger partial charge on any atom is 0.316 e. The van der Waals surface area contributed by atoms with Gasteiger partial charge in [0.1, 0.15) is 5.82 Å². The molecule has 0 fully saturated rings. The lowest BCUT2D eigenvalue weighted by Gasteiger charge is -2.16. The van der Waals surface area contributed by atoms with Crippen LogP contribution in [0.5, 0.6) is 0 Å². The van der Waals surface area contributed by atoms with Crippen molar-refractivity contribution in [1.82, 2.24) is 0 Å². The van der Waals surface area contributed by atoms with Crippen LogP contribution in [-0.2, 0) is 4.79 Å². The van der Waals surface area contributed by atoms with E-state index >= 15 is 0 Å². The third kappa shape index (κ3) is 2.25. The van der Waals surface area contributed by atoms with E-state index < -0.39 is 18.1 Å². The first-order valence-electron chi connectivity index (χ1n) is 3.83. The molecule has 0 atom stereocenters. The molecular weight excluding hydrogens is 195 g/mol. The molecule has 0 aromatic heterocycles. The van der Waals surface area contributed by atoms with Crippen LogP contribution < -0.4 is 4.90 Å². The average molecular weight is 203 g/mol. The van der Waals surface area contributed by atoms with Gasteiger partial charge in [-0.05, 0) is 18.2 Å². The Morgan fingerprint density at radius 2 is 2.07 bits per heavy atom. The second-order valence-corrected chi connectivity index (χ2v) is 2.68. The summed E-state index contributed by atoms with van der Waals surface area (Å²) in [7, 11) is 1.17. The van der Waals surface area contributed by atoms with Gasteiger partial charge in [0, 0.05) is 12.7 Å². The van der Waals surface area contributed by atoms with Crippen molar-refractivity contribution < 1.29 is 18.0 Å². The largest absolute Gasteiger partial charge is 0.316 e. The van der Waals surface area contributed by atoms with E-state index in [2.05, 4.69) is 0 Å². The summed E-state index contributed by atoms with van der Waals surface area (Å²) >= 11 is 0. The molecule has 0 spiro atoms. The van der Waals surface area contributed by atoms with Gasteiger partial charge in [-0.1, -0.05) is 6.07 Å². The van der Waals surface area contributed by atoms with Gasteiger partial charge >= 0.3 is 6.43 Å². The van der Waals surface area contributed by atoms with Crippen LogP contribution >= 0.6 is 0 Å². The molecule has 14 heavy (non-hydrogen) atoms. The predicted molar refractivity (Wildman–Crippen MR) is 45.8 cm³/mol. The van der Waals surface area contributed by atoms with Crippen molar-refractivity contribution in [2.24, 2.45) is 0 Å². The van der Waals surface area contributed by atoms with Crippen LogP contribution in [0.25, 0.3) is 0 Å². The second-order valence-electron chi connectivity index (χ2n) is 2.68. The highest BCUT2D eigenvalue weighted by molar-refractivity contribution is 5.94. The molecule has 0 bridgehead atoms. The quantitative estimate of drug-likeness (QED) is 0.720. The minimum absolute atomic E-state index is 0.107. The number of rotatable bonds is 2. The number of amides is 1. The van der Waals surface area contributed by atoms with E-state index in [4.69, 9.17) is 0 Å². The van der Waals surface area contributed by atoms with Gasteiger partial charge in [-0.25, -0.2) is 4.39 Å². The number of anilines is 1. The van der Waals surface area contributed by atoms with E-state index in [1.54, 1.807) is 0 Å². The Labute approximate surface area is 78.9 Å². The topological polar surface area (TPSA) is 20.3 Å². The molecule has 0 saturated heterocycles. The molecule has 1 aromatic rings. The van der Waals surface area contributed by atoms with E-state index in [0.717, 1.165) is 6.07 Å². The molecule has 1 rings (SSSR count).